The highest BCUT2D eigenvalue weighted by atomic mass is 32.1. The number of carbonyl (C=O) groups is 1. The summed E-state index contributed by atoms with van der Waals surface area (Å²) >= 11 is 1.60. The average molecular weight is 279 g/mol. The maximum Gasteiger partial charge on any atom is 0.224 e. The molecule has 1 atom stereocenters. The highest BCUT2D eigenvalue weighted by Gasteiger charge is 2.58. The molecule has 5 heteroatoms. The Morgan fingerprint density at radius 3 is 2.89 bits per heavy atom. The normalized spacial score (nSPS) is 25.3. The number of aromatic nitrogens is 1. The van der Waals surface area contributed by atoms with Crippen LogP contribution < -0.4 is 10.6 Å². The van der Waals surface area contributed by atoms with Gasteiger partial charge in [-0.1, -0.05) is 0 Å². The molecule has 2 fully saturated rings. The SMILES string of the molecule is CC(C)(NC(=O)C1CC12CCNCC2)c1nccs1. The van der Waals surface area contributed by atoms with Gasteiger partial charge in [0.05, 0.1) is 5.54 Å². The number of amides is 1. The lowest BCUT2D eigenvalue weighted by Gasteiger charge is -2.26. The van der Waals surface area contributed by atoms with Crippen LogP contribution in [0.25, 0.3) is 0 Å². The summed E-state index contributed by atoms with van der Waals surface area (Å²) in [5.74, 6) is 0.427. The maximum atomic E-state index is 12.4. The summed E-state index contributed by atoms with van der Waals surface area (Å²) in [5.41, 5.74) is -0.0593. The number of piperidine rings is 1. The molecule has 2 N–H and O–H groups in total. The third-order valence-electron chi connectivity index (χ3n) is 4.51. The van der Waals surface area contributed by atoms with Crippen LogP contribution in [0.5, 0.6) is 0 Å². The molecule has 1 amide bonds. The van der Waals surface area contributed by atoms with Crippen LogP contribution in [0, 0.1) is 11.3 Å². The summed E-state index contributed by atoms with van der Waals surface area (Å²) < 4.78 is 0. The minimum absolute atomic E-state index is 0.210. The molecule has 1 saturated carbocycles. The Kier molecular flexibility index (Phi) is 3.14. The molecule has 0 radical (unpaired) electrons. The molecule has 1 unspecified atom stereocenters. The lowest BCUT2D eigenvalue weighted by molar-refractivity contribution is -0.125. The van der Waals surface area contributed by atoms with E-state index in [1.807, 2.05) is 19.2 Å². The third kappa shape index (κ3) is 2.41. The quantitative estimate of drug-likeness (QED) is 0.888. The molecule has 19 heavy (non-hydrogen) atoms. The van der Waals surface area contributed by atoms with E-state index in [0.29, 0.717) is 5.41 Å². The van der Waals surface area contributed by atoms with Crippen molar-refractivity contribution in [3.05, 3.63) is 16.6 Å². The van der Waals surface area contributed by atoms with E-state index in [1.54, 1.807) is 17.5 Å². The number of thiazole rings is 1. The Bertz CT molecular complexity index is 463. The molecular formula is C14H21N3OS. The minimum atomic E-state index is -0.359. The largest absolute Gasteiger partial charge is 0.344 e. The first-order chi connectivity index (χ1) is 9.04. The second-order valence-electron chi connectivity index (χ2n) is 6.32. The molecule has 104 valence electrons. The summed E-state index contributed by atoms with van der Waals surface area (Å²) in [7, 11) is 0. The van der Waals surface area contributed by atoms with E-state index >= 15 is 0 Å². The lowest BCUT2D eigenvalue weighted by Crippen LogP contribution is -2.43. The predicted octanol–water partition coefficient (Wildman–Crippen LogP) is 1.88. The van der Waals surface area contributed by atoms with Crippen LogP contribution in [0.15, 0.2) is 11.6 Å². The van der Waals surface area contributed by atoms with Crippen molar-refractivity contribution >= 4 is 17.2 Å². The van der Waals surface area contributed by atoms with Crippen LogP contribution in [0.3, 0.4) is 0 Å². The van der Waals surface area contributed by atoms with Gasteiger partial charge in [0.15, 0.2) is 0 Å². The lowest BCUT2D eigenvalue weighted by atomic mass is 9.91. The number of rotatable bonds is 3. The smallest absolute Gasteiger partial charge is 0.224 e. The van der Waals surface area contributed by atoms with Crippen molar-refractivity contribution in [2.45, 2.75) is 38.6 Å². The van der Waals surface area contributed by atoms with E-state index < -0.39 is 0 Å². The van der Waals surface area contributed by atoms with E-state index in [0.717, 1.165) is 37.4 Å². The number of carbonyl (C=O) groups excluding carboxylic acids is 1. The Labute approximate surface area is 118 Å². The van der Waals surface area contributed by atoms with Crippen molar-refractivity contribution < 1.29 is 4.79 Å². The van der Waals surface area contributed by atoms with Gasteiger partial charge >= 0.3 is 0 Å². The van der Waals surface area contributed by atoms with Gasteiger partial charge in [-0.3, -0.25) is 4.79 Å². The van der Waals surface area contributed by atoms with E-state index in [9.17, 15) is 4.79 Å². The van der Waals surface area contributed by atoms with Gasteiger partial charge in [0.2, 0.25) is 5.91 Å². The monoisotopic (exact) mass is 279 g/mol. The predicted molar refractivity (Wildman–Crippen MR) is 75.9 cm³/mol. The molecule has 0 bridgehead atoms. The Hall–Kier alpha value is -0.940. The molecule has 1 aliphatic heterocycles. The average Bonchev–Trinajstić information content (AvgIpc) is 2.84. The molecule has 1 aliphatic carbocycles. The summed E-state index contributed by atoms with van der Waals surface area (Å²) in [4.78, 5) is 16.8. The molecule has 4 nitrogen and oxygen atoms in total. The van der Waals surface area contributed by atoms with E-state index in [-0.39, 0.29) is 17.4 Å². The van der Waals surface area contributed by atoms with E-state index in [2.05, 4.69) is 15.6 Å². The second kappa shape index (κ2) is 4.56. The van der Waals surface area contributed by atoms with Crippen LogP contribution in [0.1, 0.15) is 38.1 Å². The standard InChI is InChI=1S/C14H21N3OS/c1-13(2,12-16-7-8-19-12)17-11(18)10-9-14(10)3-5-15-6-4-14/h7-8,10,15H,3-6,9H2,1-2H3,(H,17,18). The number of hydrogen-bond donors (Lipinski definition) is 2. The third-order valence-corrected chi connectivity index (χ3v) is 5.61. The first kappa shape index (κ1) is 13.1. The van der Waals surface area contributed by atoms with Gasteiger partial charge in [0.25, 0.3) is 0 Å². The topological polar surface area (TPSA) is 54.0 Å². The Morgan fingerprint density at radius 1 is 1.53 bits per heavy atom. The van der Waals surface area contributed by atoms with Crippen molar-refractivity contribution in [3.8, 4) is 0 Å². The Morgan fingerprint density at radius 2 is 2.26 bits per heavy atom. The molecule has 0 aromatic carbocycles. The number of nitrogens with zero attached hydrogens (tertiary/aromatic N) is 1. The highest BCUT2D eigenvalue weighted by molar-refractivity contribution is 7.09. The van der Waals surface area contributed by atoms with Gasteiger partial charge in [-0.15, -0.1) is 11.3 Å². The van der Waals surface area contributed by atoms with Gasteiger partial charge in [0, 0.05) is 17.5 Å². The zero-order chi connectivity index (χ0) is 13.5. The summed E-state index contributed by atoms with van der Waals surface area (Å²) in [5, 5.41) is 9.48. The zero-order valence-electron chi connectivity index (χ0n) is 11.5. The van der Waals surface area contributed by atoms with Crippen LogP contribution in [0.4, 0.5) is 0 Å². The van der Waals surface area contributed by atoms with Gasteiger partial charge < -0.3 is 10.6 Å². The summed E-state index contributed by atoms with van der Waals surface area (Å²) in [6.07, 6.45) is 5.14. The molecule has 2 heterocycles. The highest BCUT2D eigenvalue weighted by Crippen LogP contribution is 2.58. The van der Waals surface area contributed by atoms with Crippen LogP contribution in [0.2, 0.25) is 0 Å². The van der Waals surface area contributed by atoms with Gasteiger partial charge in [-0.2, -0.15) is 0 Å². The van der Waals surface area contributed by atoms with Gasteiger partial charge in [0.1, 0.15) is 5.01 Å². The van der Waals surface area contributed by atoms with Crippen molar-refractivity contribution in [1.82, 2.24) is 15.6 Å². The fraction of sp³-hybridized carbons (Fsp3) is 0.714. The van der Waals surface area contributed by atoms with Crippen LogP contribution >= 0.6 is 11.3 Å². The minimum Gasteiger partial charge on any atom is -0.344 e. The van der Waals surface area contributed by atoms with Crippen LogP contribution in [-0.4, -0.2) is 24.0 Å². The maximum absolute atomic E-state index is 12.4. The first-order valence-corrected chi connectivity index (χ1v) is 7.84. The van der Waals surface area contributed by atoms with E-state index in [1.165, 1.54) is 0 Å². The van der Waals surface area contributed by atoms with Crippen molar-refractivity contribution in [3.63, 3.8) is 0 Å². The fourth-order valence-corrected chi connectivity index (χ4v) is 3.89. The Balaban J connectivity index is 1.63. The number of hydrogen-bond acceptors (Lipinski definition) is 4. The fourth-order valence-electron chi connectivity index (χ4n) is 3.18. The van der Waals surface area contributed by atoms with Gasteiger partial charge in [-0.25, -0.2) is 4.98 Å². The molecular weight excluding hydrogens is 258 g/mol. The molecule has 2 aliphatic rings. The van der Waals surface area contributed by atoms with Crippen molar-refractivity contribution in [1.29, 1.82) is 0 Å². The number of nitrogens with one attached hydrogen (secondary N) is 2. The second-order valence-corrected chi connectivity index (χ2v) is 7.22. The van der Waals surface area contributed by atoms with Crippen molar-refractivity contribution in [2.24, 2.45) is 11.3 Å². The summed E-state index contributed by atoms with van der Waals surface area (Å²) in [6, 6.07) is 0. The van der Waals surface area contributed by atoms with Crippen molar-refractivity contribution in [2.75, 3.05) is 13.1 Å². The molecule has 1 aromatic heterocycles. The van der Waals surface area contributed by atoms with Crippen LogP contribution in [-0.2, 0) is 10.3 Å². The zero-order valence-corrected chi connectivity index (χ0v) is 12.3. The first-order valence-electron chi connectivity index (χ1n) is 6.96. The molecule has 1 spiro atoms. The van der Waals surface area contributed by atoms with Gasteiger partial charge in [-0.05, 0) is 51.6 Å². The summed E-state index contributed by atoms with van der Waals surface area (Å²) in [6.45, 7) is 6.17. The molecule has 1 aromatic rings. The van der Waals surface area contributed by atoms with E-state index in [4.69, 9.17) is 0 Å². The molecule has 1 saturated heterocycles. The molecule has 3 rings (SSSR count).